The van der Waals surface area contributed by atoms with E-state index in [2.05, 4.69) is 17.6 Å². The minimum absolute atomic E-state index is 0. The summed E-state index contributed by atoms with van der Waals surface area (Å²) in [6.07, 6.45) is 4.79. The average molecular weight is 340 g/mol. The molecule has 0 aromatic heterocycles. The van der Waals surface area contributed by atoms with Gasteiger partial charge in [0.15, 0.2) is 0 Å². The first-order valence-corrected chi connectivity index (χ1v) is 6.42. The van der Waals surface area contributed by atoms with Gasteiger partial charge in [-0.05, 0) is 45.7 Å². The van der Waals surface area contributed by atoms with Crippen LogP contribution in [0.4, 0.5) is 0 Å². The molecule has 0 aliphatic carbocycles. The number of nitrogens with one attached hydrogen (secondary N) is 2. The van der Waals surface area contributed by atoms with Gasteiger partial charge < -0.3 is 20.8 Å². The summed E-state index contributed by atoms with van der Waals surface area (Å²) in [6.45, 7) is 4.32. The number of carboxylic acids is 1. The summed E-state index contributed by atoms with van der Waals surface area (Å²) in [5, 5.41) is 21.5. The maximum Gasteiger partial charge on any atom is 0.373 e. The van der Waals surface area contributed by atoms with Gasteiger partial charge in [0.1, 0.15) is 6.04 Å². The van der Waals surface area contributed by atoms with Crippen molar-refractivity contribution in [3.05, 3.63) is 9.93 Å². The fraction of sp³-hybridized carbons (Fsp3) is 0.857. The molecule has 2 heterocycles. The van der Waals surface area contributed by atoms with Crippen molar-refractivity contribution in [3.63, 3.8) is 0 Å². The molecule has 23 heavy (non-hydrogen) atoms. The summed E-state index contributed by atoms with van der Waals surface area (Å²) in [6, 6.07) is 0.528. The van der Waals surface area contributed by atoms with Crippen LogP contribution in [0.15, 0.2) is 0 Å². The molecular weight excluding hydrogens is 308 g/mol. The van der Waals surface area contributed by atoms with Crippen molar-refractivity contribution >= 4 is 12.1 Å². The smallest absolute Gasteiger partial charge is 0.373 e. The van der Waals surface area contributed by atoms with Crippen LogP contribution >= 0.6 is 0 Å². The Kier molecular flexibility index (Phi) is 40.9. The molecule has 0 radical (unpaired) electrons. The van der Waals surface area contributed by atoms with Crippen LogP contribution in [-0.2, 0) is 14.4 Å². The Balaban J connectivity index is -0.0000000649. The van der Waals surface area contributed by atoms with Gasteiger partial charge in [-0.1, -0.05) is 14.9 Å². The second-order valence-electron chi connectivity index (χ2n) is 4.07. The van der Waals surface area contributed by atoms with Crippen LogP contribution in [0.2, 0.25) is 0 Å². The van der Waals surface area contributed by atoms with Crippen LogP contribution in [0.1, 0.15) is 47.5 Å². The number of aliphatic hydroxyl groups is 1. The third-order valence-electron chi connectivity index (χ3n) is 2.67. The molecule has 0 aromatic carbocycles. The van der Waals surface area contributed by atoms with E-state index >= 15 is 0 Å². The maximum absolute atomic E-state index is 10.1. The van der Waals surface area contributed by atoms with Crippen LogP contribution < -0.4 is 10.6 Å². The van der Waals surface area contributed by atoms with E-state index in [-0.39, 0.29) is 27.0 Å². The monoisotopic (exact) mass is 340 g/mol. The number of aliphatic hydroxyl groups excluding tert-OH is 1. The Morgan fingerprint density at radius 2 is 1.39 bits per heavy atom. The first-order valence-electron chi connectivity index (χ1n) is 6.42. The average Bonchev–Trinajstić information content (AvgIpc) is 3.18. The highest BCUT2D eigenvalue weighted by molar-refractivity contribution is 5.73. The lowest BCUT2D eigenvalue weighted by atomic mass is 10.2. The molecule has 2 fully saturated rings. The second kappa shape index (κ2) is 28.5. The van der Waals surface area contributed by atoms with Gasteiger partial charge in [-0.15, -0.1) is 0 Å². The van der Waals surface area contributed by atoms with Gasteiger partial charge in [-0.3, -0.25) is 4.79 Å². The van der Waals surface area contributed by atoms with Gasteiger partial charge in [0.2, 0.25) is 0 Å². The molecule has 9 heteroatoms. The third kappa shape index (κ3) is 25.6. The predicted octanol–water partition coefficient (Wildman–Crippen LogP) is 0.946. The SMILES string of the molecule is C.C.CC1CCCN1.CO.O=C(O)C1CCCN1.O=C=O.O=O. The molecule has 0 saturated carbocycles. The van der Waals surface area contributed by atoms with Gasteiger partial charge in [0.05, 0.1) is 0 Å². The van der Waals surface area contributed by atoms with Gasteiger partial charge >= 0.3 is 12.1 Å². The number of aliphatic carboxylic acids is 1. The molecule has 9 nitrogen and oxygen atoms in total. The summed E-state index contributed by atoms with van der Waals surface area (Å²) < 4.78 is 0. The van der Waals surface area contributed by atoms with E-state index in [0.717, 1.165) is 32.5 Å². The van der Waals surface area contributed by atoms with Gasteiger partial charge in [0, 0.05) is 23.1 Å². The zero-order chi connectivity index (χ0) is 17.1. The van der Waals surface area contributed by atoms with Crippen molar-refractivity contribution in [2.45, 2.75) is 59.5 Å². The molecule has 2 unspecified atom stereocenters. The summed E-state index contributed by atoms with van der Waals surface area (Å²) in [5.41, 5.74) is 0. The Labute approximate surface area is 138 Å². The highest BCUT2D eigenvalue weighted by Gasteiger charge is 2.20. The second-order valence-corrected chi connectivity index (χ2v) is 4.07. The molecule has 0 amide bonds. The number of hydrogen-bond donors (Lipinski definition) is 4. The lowest BCUT2D eigenvalue weighted by molar-refractivity contribution is -0.191. The van der Waals surface area contributed by atoms with Gasteiger partial charge in [-0.2, -0.15) is 9.59 Å². The van der Waals surface area contributed by atoms with E-state index in [1.165, 1.54) is 19.4 Å². The van der Waals surface area contributed by atoms with Crippen LogP contribution in [0.25, 0.3) is 0 Å². The van der Waals surface area contributed by atoms with E-state index in [0.29, 0.717) is 0 Å². The standard InChI is InChI=1S/C5H9NO2.C5H11N.CO2.CH4O.2CH4.O2/c7-5(8)4-2-1-3-6-4;1-5-3-2-4-6-5;2-1-3;1-2;;;1-2/h4,6H,1-3H2,(H,7,8);5-6H,2-4H2,1H3;;2H,1H3;2*1H4;. The molecule has 2 aliphatic rings. The molecule has 4 N–H and O–H groups in total. The largest absolute Gasteiger partial charge is 0.480 e. The van der Waals surface area contributed by atoms with E-state index < -0.39 is 5.97 Å². The van der Waals surface area contributed by atoms with Crippen molar-refractivity contribution in [2.24, 2.45) is 0 Å². The predicted molar refractivity (Wildman–Crippen MR) is 88.7 cm³/mol. The quantitative estimate of drug-likeness (QED) is 0.547. The number of carboxylic acid groups (broad SMARTS) is 1. The van der Waals surface area contributed by atoms with Crippen molar-refractivity contribution in [1.82, 2.24) is 10.6 Å². The van der Waals surface area contributed by atoms with Gasteiger partial charge in [-0.25, -0.2) is 0 Å². The number of rotatable bonds is 1. The molecule has 140 valence electrons. The fourth-order valence-electron chi connectivity index (χ4n) is 1.75. The van der Waals surface area contributed by atoms with Crippen molar-refractivity contribution in [1.29, 1.82) is 0 Å². The highest BCUT2D eigenvalue weighted by atomic mass is 16.7. The molecule has 2 rings (SSSR count). The van der Waals surface area contributed by atoms with E-state index in [1.807, 2.05) is 0 Å². The molecular formula is C14H32N2O7. The van der Waals surface area contributed by atoms with E-state index in [9.17, 15) is 4.79 Å². The number of hydrogen-bond acceptors (Lipinski definition) is 8. The van der Waals surface area contributed by atoms with E-state index in [1.54, 1.807) is 0 Å². The number of carbonyl (C=O) groups is 1. The zero-order valence-electron chi connectivity index (χ0n) is 12.3. The van der Waals surface area contributed by atoms with Crippen LogP contribution in [-0.4, -0.2) is 54.6 Å². The Morgan fingerprint density at radius 1 is 1.00 bits per heavy atom. The molecule has 0 aromatic rings. The molecule has 0 bridgehead atoms. The lowest BCUT2D eigenvalue weighted by Crippen LogP contribution is -2.29. The van der Waals surface area contributed by atoms with Crippen LogP contribution in [0.5, 0.6) is 0 Å². The topological polar surface area (TPSA) is 150 Å². The first-order chi connectivity index (χ1) is 10.1. The summed E-state index contributed by atoms with van der Waals surface area (Å²) in [4.78, 5) is 40.4. The van der Waals surface area contributed by atoms with Crippen molar-refractivity contribution in [3.8, 4) is 0 Å². The summed E-state index contributed by atoms with van der Waals surface area (Å²) >= 11 is 0. The molecule has 2 aliphatic heterocycles. The Morgan fingerprint density at radius 3 is 1.52 bits per heavy atom. The molecule has 0 spiro atoms. The maximum atomic E-state index is 10.1. The summed E-state index contributed by atoms with van der Waals surface area (Å²) in [7, 11) is 1.00. The summed E-state index contributed by atoms with van der Waals surface area (Å²) in [5.74, 6) is -0.720. The lowest BCUT2D eigenvalue weighted by Gasteiger charge is -1.99. The Hall–Kier alpha value is -1.67. The minimum atomic E-state index is -0.720. The molecule has 2 saturated heterocycles. The Bertz CT molecular complexity index is 260. The number of carbonyl (C=O) groups excluding carboxylic acids is 2. The molecule has 2 atom stereocenters. The normalized spacial score (nSPS) is 19.6. The third-order valence-corrected chi connectivity index (χ3v) is 2.67. The van der Waals surface area contributed by atoms with Crippen LogP contribution in [0.3, 0.4) is 0 Å². The van der Waals surface area contributed by atoms with E-state index in [4.69, 9.17) is 29.7 Å². The first kappa shape index (κ1) is 33.1. The van der Waals surface area contributed by atoms with Crippen molar-refractivity contribution < 1.29 is 24.6 Å². The highest BCUT2D eigenvalue weighted by Crippen LogP contribution is 2.03. The van der Waals surface area contributed by atoms with Gasteiger partial charge in [0.25, 0.3) is 0 Å². The van der Waals surface area contributed by atoms with Crippen LogP contribution in [0, 0.1) is 9.93 Å². The minimum Gasteiger partial charge on any atom is -0.480 e. The fourth-order valence-corrected chi connectivity index (χ4v) is 1.75. The zero-order valence-corrected chi connectivity index (χ0v) is 12.3. The van der Waals surface area contributed by atoms with Crippen molar-refractivity contribution in [2.75, 3.05) is 20.2 Å².